The number of carbonyl (C=O) groups excluding carboxylic acids is 1. The molecule has 0 aromatic carbocycles. The average Bonchev–Trinajstić information content (AvgIpc) is 2.14. The Labute approximate surface area is 96.6 Å². The van der Waals surface area contributed by atoms with E-state index in [1.54, 1.807) is 0 Å². The summed E-state index contributed by atoms with van der Waals surface area (Å²) in [6.07, 6.45) is -0.0258. The topological polar surface area (TPSA) is 70.6 Å². The maximum Gasteiger partial charge on any atom is 0.407 e. The van der Waals surface area contributed by atoms with Crippen molar-refractivity contribution in [2.45, 2.75) is 38.9 Å². The minimum absolute atomic E-state index is 0.0706. The maximum atomic E-state index is 11.4. The molecule has 1 amide bonds. The SMILES string of the molecule is CC(C)(C)OC(=O)NC[C@H]1CNCC[C@H]1O. The Bertz CT molecular complexity index is 238. The van der Waals surface area contributed by atoms with Crippen LogP contribution in [0.2, 0.25) is 0 Å². The lowest BCUT2D eigenvalue weighted by Gasteiger charge is -2.29. The predicted octanol–water partition coefficient (Wildman–Crippen LogP) is 0.481. The van der Waals surface area contributed by atoms with E-state index in [1.807, 2.05) is 20.8 Å². The molecule has 5 nitrogen and oxygen atoms in total. The van der Waals surface area contributed by atoms with Gasteiger partial charge >= 0.3 is 6.09 Å². The van der Waals surface area contributed by atoms with E-state index in [4.69, 9.17) is 4.74 Å². The molecule has 1 aliphatic heterocycles. The van der Waals surface area contributed by atoms with Crippen molar-refractivity contribution in [3.63, 3.8) is 0 Å². The number of alkyl carbamates (subject to hydrolysis) is 1. The van der Waals surface area contributed by atoms with Gasteiger partial charge in [-0.3, -0.25) is 0 Å². The fourth-order valence-electron chi connectivity index (χ4n) is 1.65. The quantitative estimate of drug-likeness (QED) is 0.645. The van der Waals surface area contributed by atoms with Crippen LogP contribution in [-0.4, -0.2) is 42.5 Å². The van der Waals surface area contributed by atoms with Crippen LogP contribution < -0.4 is 10.6 Å². The zero-order valence-corrected chi connectivity index (χ0v) is 10.2. The predicted molar refractivity (Wildman–Crippen MR) is 61.2 cm³/mol. The number of aliphatic hydroxyl groups is 1. The number of amides is 1. The minimum atomic E-state index is -0.479. The number of carbonyl (C=O) groups is 1. The van der Waals surface area contributed by atoms with Gasteiger partial charge in [-0.2, -0.15) is 0 Å². The molecule has 0 bridgehead atoms. The van der Waals surface area contributed by atoms with Crippen molar-refractivity contribution < 1.29 is 14.6 Å². The Morgan fingerprint density at radius 3 is 2.81 bits per heavy atom. The highest BCUT2D eigenvalue weighted by molar-refractivity contribution is 5.67. The summed E-state index contributed by atoms with van der Waals surface area (Å²) >= 11 is 0. The number of rotatable bonds is 2. The lowest BCUT2D eigenvalue weighted by atomic mass is 9.96. The molecule has 1 heterocycles. The number of piperidine rings is 1. The molecule has 2 atom stereocenters. The fourth-order valence-corrected chi connectivity index (χ4v) is 1.65. The summed E-state index contributed by atoms with van der Waals surface area (Å²) in [4.78, 5) is 11.4. The highest BCUT2D eigenvalue weighted by Crippen LogP contribution is 2.11. The second kappa shape index (κ2) is 5.50. The van der Waals surface area contributed by atoms with Gasteiger partial charge in [0.05, 0.1) is 6.10 Å². The highest BCUT2D eigenvalue weighted by Gasteiger charge is 2.24. The van der Waals surface area contributed by atoms with Gasteiger partial charge in [-0.25, -0.2) is 4.79 Å². The normalized spacial score (nSPS) is 26.2. The van der Waals surface area contributed by atoms with Crippen LogP contribution in [0.3, 0.4) is 0 Å². The molecule has 0 saturated carbocycles. The van der Waals surface area contributed by atoms with Crippen molar-refractivity contribution in [2.24, 2.45) is 5.92 Å². The third-order valence-corrected chi connectivity index (χ3v) is 2.48. The number of hydrogen-bond acceptors (Lipinski definition) is 4. The first-order chi connectivity index (χ1) is 7.38. The van der Waals surface area contributed by atoms with Crippen LogP contribution >= 0.6 is 0 Å². The third kappa shape index (κ3) is 4.81. The Morgan fingerprint density at radius 2 is 2.25 bits per heavy atom. The van der Waals surface area contributed by atoms with Gasteiger partial charge in [-0.1, -0.05) is 0 Å². The summed E-state index contributed by atoms with van der Waals surface area (Å²) in [7, 11) is 0. The van der Waals surface area contributed by atoms with E-state index in [-0.39, 0.29) is 12.0 Å². The van der Waals surface area contributed by atoms with E-state index in [9.17, 15) is 9.90 Å². The summed E-state index contributed by atoms with van der Waals surface area (Å²) in [6, 6.07) is 0. The molecule has 0 aromatic rings. The molecule has 0 spiro atoms. The number of hydrogen-bond donors (Lipinski definition) is 3. The van der Waals surface area contributed by atoms with E-state index >= 15 is 0 Å². The van der Waals surface area contributed by atoms with Crippen molar-refractivity contribution in [1.29, 1.82) is 0 Å². The van der Waals surface area contributed by atoms with Crippen LogP contribution in [0.5, 0.6) is 0 Å². The van der Waals surface area contributed by atoms with Crippen molar-refractivity contribution in [1.82, 2.24) is 10.6 Å². The van der Waals surface area contributed by atoms with Crippen LogP contribution in [-0.2, 0) is 4.74 Å². The largest absolute Gasteiger partial charge is 0.444 e. The van der Waals surface area contributed by atoms with Crippen LogP contribution in [0, 0.1) is 5.92 Å². The average molecular weight is 230 g/mol. The number of aliphatic hydroxyl groups excluding tert-OH is 1. The van der Waals surface area contributed by atoms with Crippen LogP contribution in [0.25, 0.3) is 0 Å². The second-order valence-corrected chi connectivity index (χ2v) is 5.20. The third-order valence-electron chi connectivity index (χ3n) is 2.48. The summed E-state index contributed by atoms with van der Waals surface area (Å²) in [5, 5.41) is 15.5. The standard InChI is InChI=1S/C11H22N2O3/c1-11(2,3)16-10(15)13-7-8-6-12-5-4-9(8)14/h8-9,12,14H,4-7H2,1-3H3,(H,13,15)/t8-,9-/m1/s1. The Morgan fingerprint density at radius 1 is 1.56 bits per heavy atom. The zero-order chi connectivity index (χ0) is 12.2. The molecule has 0 unspecified atom stereocenters. The van der Waals surface area contributed by atoms with Gasteiger partial charge in [0.2, 0.25) is 0 Å². The van der Waals surface area contributed by atoms with Crippen LogP contribution in [0.1, 0.15) is 27.2 Å². The van der Waals surface area contributed by atoms with Crippen molar-refractivity contribution >= 4 is 6.09 Å². The van der Waals surface area contributed by atoms with Gasteiger partial charge in [0.15, 0.2) is 0 Å². The molecule has 94 valence electrons. The molecular formula is C11H22N2O3. The second-order valence-electron chi connectivity index (χ2n) is 5.20. The monoisotopic (exact) mass is 230 g/mol. The van der Waals surface area contributed by atoms with Crippen molar-refractivity contribution in [2.75, 3.05) is 19.6 Å². The molecule has 1 fully saturated rings. The van der Waals surface area contributed by atoms with Gasteiger partial charge in [-0.05, 0) is 33.7 Å². The smallest absolute Gasteiger partial charge is 0.407 e. The molecule has 3 N–H and O–H groups in total. The van der Waals surface area contributed by atoms with Crippen molar-refractivity contribution in [3.05, 3.63) is 0 Å². The van der Waals surface area contributed by atoms with Gasteiger partial charge in [0, 0.05) is 19.0 Å². The molecular weight excluding hydrogens is 208 g/mol. The van der Waals surface area contributed by atoms with E-state index in [0.29, 0.717) is 6.54 Å². The minimum Gasteiger partial charge on any atom is -0.444 e. The fraction of sp³-hybridized carbons (Fsp3) is 0.909. The molecule has 16 heavy (non-hydrogen) atoms. The van der Waals surface area contributed by atoms with E-state index in [0.717, 1.165) is 19.5 Å². The van der Waals surface area contributed by atoms with Gasteiger partial charge < -0.3 is 20.5 Å². The Kier molecular flexibility index (Phi) is 4.56. The zero-order valence-electron chi connectivity index (χ0n) is 10.2. The molecule has 0 aromatic heterocycles. The first-order valence-electron chi connectivity index (χ1n) is 5.74. The van der Waals surface area contributed by atoms with Gasteiger partial charge in [0.1, 0.15) is 5.60 Å². The number of nitrogens with one attached hydrogen (secondary N) is 2. The highest BCUT2D eigenvalue weighted by atomic mass is 16.6. The van der Waals surface area contributed by atoms with Crippen LogP contribution in [0.15, 0.2) is 0 Å². The number of ether oxygens (including phenoxy) is 1. The molecule has 0 radical (unpaired) electrons. The molecule has 1 rings (SSSR count). The maximum absolute atomic E-state index is 11.4. The van der Waals surface area contributed by atoms with E-state index in [2.05, 4.69) is 10.6 Å². The Balaban J connectivity index is 2.25. The lowest BCUT2D eigenvalue weighted by Crippen LogP contribution is -2.46. The summed E-state index contributed by atoms with van der Waals surface area (Å²) < 4.78 is 5.11. The summed E-state index contributed by atoms with van der Waals surface area (Å²) in [5.41, 5.74) is -0.479. The van der Waals surface area contributed by atoms with Gasteiger partial charge in [0.25, 0.3) is 0 Å². The lowest BCUT2D eigenvalue weighted by molar-refractivity contribution is 0.0455. The van der Waals surface area contributed by atoms with Crippen LogP contribution in [0.4, 0.5) is 4.79 Å². The first-order valence-corrected chi connectivity index (χ1v) is 5.74. The molecule has 0 aliphatic carbocycles. The summed E-state index contributed by atoms with van der Waals surface area (Å²) in [6.45, 7) is 7.49. The van der Waals surface area contributed by atoms with Crippen molar-refractivity contribution in [3.8, 4) is 0 Å². The molecule has 1 saturated heterocycles. The molecule has 5 heteroatoms. The summed E-state index contributed by atoms with van der Waals surface area (Å²) in [5.74, 6) is 0.0706. The first kappa shape index (κ1) is 13.3. The van der Waals surface area contributed by atoms with E-state index < -0.39 is 11.7 Å². The van der Waals surface area contributed by atoms with Gasteiger partial charge in [-0.15, -0.1) is 0 Å². The Hall–Kier alpha value is -0.810. The molecule has 1 aliphatic rings. The van der Waals surface area contributed by atoms with E-state index in [1.165, 1.54) is 0 Å².